The number of nitrogens with one attached hydrogen (secondary N) is 1. The van der Waals surface area contributed by atoms with Gasteiger partial charge in [-0.15, -0.1) is 0 Å². The van der Waals surface area contributed by atoms with Crippen LogP contribution in [0.1, 0.15) is 19.8 Å². The number of hydrogen-bond donors (Lipinski definition) is 1. The summed E-state index contributed by atoms with van der Waals surface area (Å²) in [6.45, 7) is 3.72. The lowest BCUT2D eigenvalue weighted by Crippen LogP contribution is -2.46. The SMILES string of the molecule is C[C@@H](C(=O)N1CCCC1)N(C)CC(=O)Nc1cccc2ccccc12. The number of rotatable bonds is 5. The number of hydrogen-bond acceptors (Lipinski definition) is 3. The Labute approximate surface area is 148 Å². The number of carbonyl (C=O) groups excluding carboxylic acids is 2. The van der Waals surface area contributed by atoms with Crippen molar-refractivity contribution in [3.63, 3.8) is 0 Å². The molecule has 0 spiro atoms. The summed E-state index contributed by atoms with van der Waals surface area (Å²) in [4.78, 5) is 28.6. The largest absolute Gasteiger partial charge is 0.341 e. The first-order chi connectivity index (χ1) is 12.1. The third-order valence-corrected chi connectivity index (χ3v) is 4.89. The monoisotopic (exact) mass is 339 g/mol. The van der Waals surface area contributed by atoms with Crippen molar-refractivity contribution in [1.29, 1.82) is 0 Å². The highest BCUT2D eigenvalue weighted by molar-refractivity contribution is 6.02. The molecular formula is C20H25N3O2. The molecule has 1 atom stereocenters. The number of benzene rings is 2. The van der Waals surface area contributed by atoms with Crippen LogP contribution in [-0.2, 0) is 9.59 Å². The van der Waals surface area contributed by atoms with E-state index in [0.717, 1.165) is 42.4 Å². The Balaban J connectivity index is 1.62. The van der Waals surface area contributed by atoms with Gasteiger partial charge in [-0.05, 0) is 38.3 Å². The topological polar surface area (TPSA) is 52.7 Å². The van der Waals surface area contributed by atoms with Gasteiger partial charge in [-0.25, -0.2) is 0 Å². The lowest BCUT2D eigenvalue weighted by atomic mass is 10.1. The predicted octanol–water partition coefficient (Wildman–Crippen LogP) is 2.72. The molecule has 3 rings (SSSR count). The first-order valence-electron chi connectivity index (χ1n) is 8.83. The molecule has 1 fully saturated rings. The van der Waals surface area contributed by atoms with Crippen LogP contribution in [0.5, 0.6) is 0 Å². The van der Waals surface area contributed by atoms with Crippen LogP contribution in [-0.4, -0.2) is 54.3 Å². The van der Waals surface area contributed by atoms with E-state index >= 15 is 0 Å². The van der Waals surface area contributed by atoms with Crippen LogP contribution in [0.25, 0.3) is 10.8 Å². The Bertz CT molecular complexity index is 763. The van der Waals surface area contributed by atoms with Gasteiger partial charge >= 0.3 is 0 Å². The Morgan fingerprint density at radius 3 is 2.56 bits per heavy atom. The molecule has 0 radical (unpaired) electrons. The van der Waals surface area contributed by atoms with Gasteiger partial charge in [0, 0.05) is 24.2 Å². The highest BCUT2D eigenvalue weighted by Crippen LogP contribution is 2.22. The molecule has 0 saturated carbocycles. The fourth-order valence-electron chi connectivity index (χ4n) is 3.28. The second-order valence-electron chi connectivity index (χ2n) is 6.70. The molecule has 2 amide bonds. The maximum atomic E-state index is 12.5. The number of carbonyl (C=O) groups is 2. The van der Waals surface area contributed by atoms with Crippen molar-refractivity contribution < 1.29 is 9.59 Å². The molecule has 132 valence electrons. The van der Waals surface area contributed by atoms with E-state index in [9.17, 15) is 9.59 Å². The maximum Gasteiger partial charge on any atom is 0.239 e. The average molecular weight is 339 g/mol. The second-order valence-corrected chi connectivity index (χ2v) is 6.70. The van der Waals surface area contributed by atoms with Gasteiger partial charge in [-0.2, -0.15) is 0 Å². The lowest BCUT2D eigenvalue weighted by Gasteiger charge is -2.27. The zero-order valence-corrected chi connectivity index (χ0v) is 14.9. The van der Waals surface area contributed by atoms with E-state index in [4.69, 9.17) is 0 Å². The summed E-state index contributed by atoms with van der Waals surface area (Å²) in [6.07, 6.45) is 2.15. The molecule has 1 heterocycles. The van der Waals surface area contributed by atoms with E-state index in [1.807, 2.05) is 61.3 Å². The third kappa shape index (κ3) is 3.99. The predicted molar refractivity (Wildman–Crippen MR) is 100 cm³/mol. The number of amides is 2. The Hall–Kier alpha value is -2.40. The molecule has 0 unspecified atom stereocenters. The molecule has 0 bridgehead atoms. The third-order valence-electron chi connectivity index (χ3n) is 4.89. The van der Waals surface area contributed by atoms with E-state index in [2.05, 4.69) is 5.32 Å². The molecule has 2 aromatic rings. The fraction of sp³-hybridized carbons (Fsp3) is 0.400. The summed E-state index contributed by atoms with van der Waals surface area (Å²) < 4.78 is 0. The minimum atomic E-state index is -0.295. The van der Waals surface area contributed by atoms with Crippen LogP contribution in [0.15, 0.2) is 42.5 Å². The van der Waals surface area contributed by atoms with E-state index in [0.29, 0.717) is 0 Å². The molecule has 5 nitrogen and oxygen atoms in total. The highest BCUT2D eigenvalue weighted by Gasteiger charge is 2.26. The molecule has 1 aliphatic rings. The Morgan fingerprint density at radius 2 is 1.80 bits per heavy atom. The van der Waals surface area contributed by atoms with Gasteiger partial charge in [-0.1, -0.05) is 36.4 Å². The van der Waals surface area contributed by atoms with Crippen molar-refractivity contribution in [2.45, 2.75) is 25.8 Å². The van der Waals surface area contributed by atoms with Gasteiger partial charge in [0.25, 0.3) is 0 Å². The summed E-state index contributed by atoms with van der Waals surface area (Å²) in [7, 11) is 1.82. The number of anilines is 1. The van der Waals surface area contributed by atoms with Crippen LogP contribution in [0.4, 0.5) is 5.69 Å². The van der Waals surface area contributed by atoms with E-state index in [1.165, 1.54) is 0 Å². The minimum absolute atomic E-state index is 0.109. The summed E-state index contributed by atoms with van der Waals surface area (Å²) in [5.41, 5.74) is 0.801. The van der Waals surface area contributed by atoms with E-state index in [-0.39, 0.29) is 24.4 Å². The highest BCUT2D eigenvalue weighted by atomic mass is 16.2. The van der Waals surface area contributed by atoms with Crippen molar-refractivity contribution in [1.82, 2.24) is 9.80 Å². The average Bonchev–Trinajstić information content (AvgIpc) is 3.15. The van der Waals surface area contributed by atoms with Crippen molar-refractivity contribution in [3.05, 3.63) is 42.5 Å². The smallest absolute Gasteiger partial charge is 0.239 e. The Kier molecular flexibility index (Phi) is 5.34. The van der Waals surface area contributed by atoms with Gasteiger partial charge in [0.15, 0.2) is 0 Å². The van der Waals surface area contributed by atoms with Crippen molar-refractivity contribution in [2.24, 2.45) is 0 Å². The lowest BCUT2D eigenvalue weighted by molar-refractivity contribution is -0.135. The van der Waals surface area contributed by atoms with Gasteiger partial charge in [0.05, 0.1) is 12.6 Å². The molecule has 1 saturated heterocycles. The van der Waals surface area contributed by atoms with Crippen LogP contribution >= 0.6 is 0 Å². The maximum absolute atomic E-state index is 12.5. The molecule has 5 heteroatoms. The number of nitrogens with zero attached hydrogens (tertiary/aromatic N) is 2. The van der Waals surface area contributed by atoms with Crippen LogP contribution in [0.3, 0.4) is 0 Å². The van der Waals surface area contributed by atoms with Gasteiger partial charge < -0.3 is 10.2 Å². The van der Waals surface area contributed by atoms with Gasteiger partial charge in [0.2, 0.25) is 11.8 Å². The van der Waals surface area contributed by atoms with Crippen molar-refractivity contribution >= 4 is 28.3 Å². The van der Waals surface area contributed by atoms with Crippen LogP contribution in [0.2, 0.25) is 0 Å². The van der Waals surface area contributed by atoms with Gasteiger partial charge in [-0.3, -0.25) is 14.5 Å². The first kappa shape index (κ1) is 17.4. The normalized spacial score (nSPS) is 15.6. The Morgan fingerprint density at radius 1 is 1.12 bits per heavy atom. The second kappa shape index (κ2) is 7.66. The fourth-order valence-corrected chi connectivity index (χ4v) is 3.28. The standard InChI is InChI=1S/C20H25N3O2/c1-15(20(25)23-12-5-6-13-23)22(2)14-19(24)21-18-11-7-9-16-8-3-4-10-17(16)18/h3-4,7-11,15H,5-6,12-14H2,1-2H3,(H,21,24)/t15-/m0/s1. The van der Waals surface area contributed by atoms with E-state index < -0.39 is 0 Å². The molecule has 0 aliphatic carbocycles. The number of likely N-dealkylation sites (N-methyl/N-ethyl adjacent to an activating group) is 1. The summed E-state index contributed by atoms with van der Waals surface area (Å²) >= 11 is 0. The zero-order valence-electron chi connectivity index (χ0n) is 14.9. The number of fused-ring (bicyclic) bond motifs is 1. The molecule has 1 N–H and O–H groups in total. The molecular weight excluding hydrogens is 314 g/mol. The molecule has 2 aromatic carbocycles. The summed E-state index contributed by atoms with van der Waals surface area (Å²) in [6, 6.07) is 13.5. The van der Waals surface area contributed by atoms with Crippen molar-refractivity contribution in [2.75, 3.05) is 32.0 Å². The first-order valence-corrected chi connectivity index (χ1v) is 8.83. The number of likely N-dealkylation sites (tertiary alicyclic amines) is 1. The molecule has 25 heavy (non-hydrogen) atoms. The molecule has 1 aliphatic heterocycles. The molecule has 0 aromatic heterocycles. The quantitative estimate of drug-likeness (QED) is 0.911. The van der Waals surface area contributed by atoms with Crippen molar-refractivity contribution in [3.8, 4) is 0 Å². The summed E-state index contributed by atoms with van der Waals surface area (Å²) in [5, 5.41) is 5.08. The van der Waals surface area contributed by atoms with Crippen LogP contribution < -0.4 is 5.32 Å². The minimum Gasteiger partial charge on any atom is -0.341 e. The summed E-state index contributed by atoms with van der Waals surface area (Å²) in [5.74, 6) is -0.00196. The van der Waals surface area contributed by atoms with E-state index in [1.54, 1.807) is 4.90 Å². The van der Waals surface area contributed by atoms with Crippen LogP contribution in [0, 0.1) is 0 Å². The zero-order chi connectivity index (χ0) is 17.8. The van der Waals surface area contributed by atoms with Gasteiger partial charge in [0.1, 0.15) is 0 Å².